The Morgan fingerprint density at radius 1 is 0.758 bits per heavy atom. The smallest absolute Gasteiger partial charge is 0.857 e. The van der Waals surface area contributed by atoms with Crippen LogP contribution in [0.2, 0.25) is 0 Å². The molecule has 0 saturated carbocycles. The van der Waals surface area contributed by atoms with E-state index in [0.29, 0.717) is 5.56 Å². The summed E-state index contributed by atoms with van der Waals surface area (Å²) in [6, 6.07) is 15.0. The molecule has 0 aromatic heterocycles. The number of hydrogen-bond donors (Lipinski definition) is 0. The van der Waals surface area contributed by atoms with Gasteiger partial charge in [-0.25, -0.2) is 9.59 Å². The van der Waals surface area contributed by atoms with E-state index in [-0.39, 0.29) is 68.5 Å². The summed E-state index contributed by atoms with van der Waals surface area (Å²) in [5.74, 6) is -0.858. The molecule has 0 atom stereocenters. The van der Waals surface area contributed by atoms with Crippen LogP contribution in [-0.4, -0.2) is 19.0 Å². The maximum Gasteiger partial charge on any atom is 1.00 e. The predicted molar refractivity (Wildman–Crippen MR) is 132 cm³/mol. The summed E-state index contributed by atoms with van der Waals surface area (Å²) >= 11 is 0. The van der Waals surface area contributed by atoms with Gasteiger partial charge in [-0.15, -0.1) is 0 Å². The average molecular weight is 481 g/mol. The first-order chi connectivity index (χ1) is 15.7. The predicted octanol–water partition coefficient (Wildman–Crippen LogP) is 3.17. The molecular weight excluding hydrogens is 443 g/mol. The van der Waals surface area contributed by atoms with E-state index in [4.69, 9.17) is 14.6 Å². The second kappa shape index (κ2) is 28.2. The zero-order valence-electron chi connectivity index (χ0n) is 21.4. The number of carbonyl (C=O) groups is 2. The second-order valence-corrected chi connectivity index (χ2v) is 4.65. The molecule has 0 saturated heterocycles. The second-order valence-electron chi connectivity index (χ2n) is 4.65. The van der Waals surface area contributed by atoms with Crippen LogP contribution < -0.4 is 66.0 Å². The van der Waals surface area contributed by atoms with Crippen molar-refractivity contribution in [2.75, 3.05) is 7.11 Å². The van der Waals surface area contributed by atoms with Crippen LogP contribution in [0.5, 0.6) is 11.5 Å². The minimum atomic E-state index is -0.617. The van der Waals surface area contributed by atoms with Crippen molar-refractivity contribution in [2.24, 2.45) is 0 Å². The van der Waals surface area contributed by atoms with Crippen molar-refractivity contribution in [1.82, 2.24) is 0 Å². The van der Waals surface area contributed by atoms with Gasteiger partial charge in [0.25, 0.3) is 0 Å². The Balaban J connectivity index is -0.000000421. The van der Waals surface area contributed by atoms with Gasteiger partial charge in [-0.2, -0.15) is 7.11 Å². The van der Waals surface area contributed by atoms with Crippen molar-refractivity contribution in [2.45, 2.75) is 41.5 Å². The minimum absolute atomic E-state index is 0. The van der Waals surface area contributed by atoms with Crippen LogP contribution in [0, 0.1) is 0 Å². The summed E-state index contributed by atoms with van der Waals surface area (Å²) in [6.45, 7) is 19.1. The Hall–Kier alpha value is -1.80. The molecule has 0 amide bonds. The van der Waals surface area contributed by atoms with Crippen molar-refractivity contribution in [3.05, 3.63) is 97.1 Å². The van der Waals surface area contributed by atoms with Crippen LogP contribution in [-0.2, 0) is 4.79 Å². The number of allylic oxidation sites excluding steroid dienone is 2. The molecule has 0 fully saturated rings. The Labute approximate surface area is 242 Å². The van der Waals surface area contributed by atoms with Gasteiger partial charge in [-0.3, -0.25) is 0 Å². The largest absolute Gasteiger partial charge is 1.00 e. The fourth-order valence-corrected chi connectivity index (χ4v) is 1.86. The topological polar surface area (TPSA) is 75.7 Å². The van der Waals surface area contributed by atoms with Crippen molar-refractivity contribution in [3.8, 4) is 11.5 Å². The van der Waals surface area contributed by atoms with Gasteiger partial charge < -0.3 is 14.6 Å². The number of rotatable bonds is 6. The van der Waals surface area contributed by atoms with Gasteiger partial charge in [-0.1, -0.05) is 97.2 Å². The van der Waals surface area contributed by atoms with E-state index in [9.17, 15) is 9.59 Å². The molecule has 33 heavy (non-hydrogen) atoms. The summed E-state index contributed by atoms with van der Waals surface area (Å²) in [4.78, 5) is 24.2. The van der Waals surface area contributed by atoms with Gasteiger partial charge >= 0.3 is 63.3 Å². The molecule has 0 aliphatic rings. The van der Waals surface area contributed by atoms with Crippen molar-refractivity contribution >= 4 is 11.9 Å². The Morgan fingerprint density at radius 3 is 1.61 bits per heavy atom. The van der Waals surface area contributed by atoms with Crippen LogP contribution in [0.4, 0.5) is 0 Å². The molecule has 0 aliphatic heterocycles. The summed E-state index contributed by atoms with van der Waals surface area (Å²) < 4.78 is 10.6. The summed E-state index contributed by atoms with van der Waals surface area (Å²) in [6.07, 6.45) is 4.30. The molecule has 5 nitrogen and oxygen atoms in total. The molecule has 0 heterocycles. The van der Waals surface area contributed by atoms with Crippen LogP contribution in [0.3, 0.4) is 0 Å². The first-order valence-electron chi connectivity index (χ1n) is 10.6. The Morgan fingerprint density at radius 2 is 1.18 bits per heavy atom. The molecule has 0 radical (unpaired) electrons. The quantitative estimate of drug-likeness (QED) is 0.209. The molecule has 0 unspecified atom stereocenters. The standard InChI is InChI=1S/C20H16O4.3C2H6.CH3O.K/c1-3-10-15(4-2)19(21)23-17-13-8-9-14-18(17)24-20(22)16-11-6-5-7-12-16;4*1-2;/h3-14H,1-2H2;3*1-2H3;1H3;/q;;;;-1;+1/b15-10+;;;;;. The zero-order valence-corrected chi connectivity index (χ0v) is 24.5. The molecular formula is C27H37KO5. The number of benzene rings is 2. The third kappa shape index (κ3) is 16.5. The van der Waals surface area contributed by atoms with Gasteiger partial charge in [0, 0.05) is 0 Å². The van der Waals surface area contributed by atoms with Gasteiger partial charge in [0.05, 0.1) is 11.1 Å². The fourth-order valence-electron chi connectivity index (χ4n) is 1.86. The molecule has 0 N–H and O–H groups in total. The molecule has 2 aromatic carbocycles. The van der Waals surface area contributed by atoms with Gasteiger partial charge in [-0.05, 0) is 30.3 Å². The summed E-state index contributed by atoms with van der Waals surface area (Å²) in [5, 5.41) is 8.25. The number of ether oxygens (including phenoxy) is 2. The molecule has 0 spiro atoms. The van der Waals surface area contributed by atoms with E-state index in [0.717, 1.165) is 7.11 Å². The number of carbonyl (C=O) groups excluding carboxylic acids is 2. The maximum absolute atomic E-state index is 12.1. The van der Waals surface area contributed by atoms with Gasteiger partial charge in [0.1, 0.15) is 0 Å². The SMILES string of the molecule is C=C/C=C(\C=C)C(=O)Oc1ccccc1OC(=O)c1ccccc1.CC.CC.CC.C[O-].[K+]. The molecule has 2 rings (SSSR count). The number of esters is 2. The minimum Gasteiger partial charge on any atom is -0.857 e. The van der Waals surface area contributed by atoms with Crippen LogP contribution in [0.1, 0.15) is 51.9 Å². The van der Waals surface area contributed by atoms with Gasteiger partial charge in [0.2, 0.25) is 0 Å². The molecule has 2 aromatic rings. The van der Waals surface area contributed by atoms with E-state index in [1.807, 2.05) is 41.5 Å². The summed E-state index contributed by atoms with van der Waals surface area (Å²) in [5.41, 5.74) is 0.645. The van der Waals surface area contributed by atoms with E-state index < -0.39 is 11.9 Å². The molecule has 6 heteroatoms. The monoisotopic (exact) mass is 480 g/mol. The first-order valence-corrected chi connectivity index (χ1v) is 10.6. The molecule has 0 aliphatic carbocycles. The fraction of sp³-hybridized carbons (Fsp3) is 0.259. The third-order valence-electron chi connectivity index (χ3n) is 3.02. The zero-order chi connectivity index (χ0) is 25.4. The van der Waals surface area contributed by atoms with Gasteiger partial charge in [0.15, 0.2) is 11.5 Å². The normalized spacial score (nSPS) is 8.42. The van der Waals surface area contributed by atoms with Crippen molar-refractivity contribution < 1.29 is 75.6 Å². The van der Waals surface area contributed by atoms with Crippen LogP contribution >= 0.6 is 0 Å². The molecule has 0 bridgehead atoms. The number of para-hydroxylation sites is 2. The maximum atomic E-state index is 12.1. The third-order valence-corrected chi connectivity index (χ3v) is 3.02. The van der Waals surface area contributed by atoms with Crippen molar-refractivity contribution in [1.29, 1.82) is 0 Å². The van der Waals surface area contributed by atoms with Crippen molar-refractivity contribution in [3.63, 3.8) is 0 Å². The van der Waals surface area contributed by atoms with E-state index >= 15 is 0 Å². The Bertz CT molecular complexity index is 799. The van der Waals surface area contributed by atoms with Crippen LogP contribution in [0.15, 0.2) is 91.6 Å². The number of hydrogen-bond acceptors (Lipinski definition) is 5. The summed E-state index contributed by atoms with van der Waals surface area (Å²) in [7, 11) is 0.750. The van der Waals surface area contributed by atoms with Crippen LogP contribution in [0.25, 0.3) is 0 Å². The van der Waals surface area contributed by atoms with E-state index in [2.05, 4.69) is 13.2 Å². The molecule has 176 valence electrons. The first kappa shape index (κ1) is 38.5. The van der Waals surface area contributed by atoms with E-state index in [1.165, 1.54) is 18.2 Å². The Kier molecular flexibility index (Phi) is 32.9. The van der Waals surface area contributed by atoms with E-state index in [1.54, 1.807) is 54.6 Å². The average Bonchev–Trinajstić information content (AvgIpc) is 2.89.